The fourth-order valence-electron chi connectivity index (χ4n) is 5.15. The maximum Gasteiger partial charge on any atom is 0.191 e. The van der Waals surface area contributed by atoms with Crippen molar-refractivity contribution in [1.29, 1.82) is 0 Å². The van der Waals surface area contributed by atoms with Crippen LogP contribution in [0.1, 0.15) is 71.6 Å². The second-order valence-electron chi connectivity index (χ2n) is 9.08. The van der Waals surface area contributed by atoms with Gasteiger partial charge in [-0.05, 0) is 70.9 Å². The fourth-order valence-corrected chi connectivity index (χ4v) is 5.15. The average Bonchev–Trinajstić information content (AvgIpc) is 3.33. The van der Waals surface area contributed by atoms with E-state index >= 15 is 0 Å². The molecule has 0 radical (unpaired) electrons. The largest absolute Gasteiger partial charge is 0.357 e. The zero-order chi connectivity index (χ0) is 18.9. The van der Waals surface area contributed by atoms with Gasteiger partial charge in [0.25, 0.3) is 0 Å². The van der Waals surface area contributed by atoms with Crippen LogP contribution < -0.4 is 10.6 Å². The predicted molar refractivity (Wildman–Crippen MR) is 115 cm³/mol. The van der Waals surface area contributed by atoms with Crippen molar-refractivity contribution in [3.63, 3.8) is 0 Å². The number of piperidine rings is 1. The van der Waals surface area contributed by atoms with Gasteiger partial charge in [0.2, 0.25) is 0 Å². The van der Waals surface area contributed by atoms with E-state index in [2.05, 4.69) is 34.3 Å². The maximum atomic E-state index is 4.85. The van der Waals surface area contributed by atoms with Crippen LogP contribution in [0.3, 0.4) is 0 Å². The van der Waals surface area contributed by atoms with E-state index < -0.39 is 0 Å². The Balaban J connectivity index is 1.34. The van der Waals surface area contributed by atoms with Crippen LogP contribution in [0, 0.1) is 5.92 Å². The molecule has 2 saturated heterocycles. The lowest BCUT2D eigenvalue weighted by molar-refractivity contribution is 0.181. The zero-order valence-electron chi connectivity index (χ0n) is 17.9. The summed E-state index contributed by atoms with van der Waals surface area (Å²) in [6.45, 7) is 12.7. The SMILES string of the molecule is CCNC(=NCCCCN1CCCC(C)C1)NC1CCN(C2CCCC2)C1. The number of unbranched alkanes of at least 4 members (excludes halogenated alkanes) is 1. The lowest BCUT2D eigenvalue weighted by atomic mass is 10.0. The number of guanidine groups is 1. The van der Waals surface area contributed by atoms with Crippen molar-refractivity contribution >= 4 is 5.96 Å². The Hall–Kier alpha value is -0.810. The lowest BCUT2D eigenvalue weighted by Crippen LogP contribution is -2.45. The molecule has 2 atom stereocenters. The van der Waals surface area contributed by atoms with Gasteiger partial charge in [-0.2, -0.15) is 0 Å². The molecular formula is C22H43N5. The molecule has 0 aromatic rings. The molecule has 156 valence electrons. The molecule has 5 heteroatoms. The fraction of sp³-hybridized carbons (Fsp3) is 0.955. The van der Waals surface area contributed by atoms with Crippen LogP contribution >= 0.6 is 0 Å². The molecule has 3 aliphatic rings. The van der Waals surface area contributed by atoms with Crippen molar-refractivity contribution in [2.24, 2.45) is 10.9 Å². The summed E-state index contributed by atoms with van der Waals surface area (Å²) in [4.78, 5) is 10.2. The van der Waals surface area contributed by atoms with E-state index in [1.807, 2.05) is 0 Å². The number of aliphatic imine (C=N–C) groups is 1. The summed E-state index contributed by atoms with van der Waals surface area (Å²) in [5, 5.41) is 7.15. The second kappa shape index (κ2) is 11.3. The summed E-state index contributed by atoms with van der Waals surface area (Å²) in [6, 6.07) is 1.42. The Labute approximate surface area is 167 Å². The molecule has 0 spiro atoms. The van der Waals surface area contributed by atoms with Crippen LogP contribution in [0.25, 0.3) is 0 Å². The normalized spacial score (nSPS) is 28.7. The summed E-state index contributed by atoms with van der Waals surface area (Å²) >= 11 is 0. The molecule has 1 aliphatic carbocycles. The molecule has 2 unspecified atom stereocenters. The smallest absolute Gasteiger partial charge is 0.191 e. The molecule has 1 saturated carbocycles. The van der Waals surface area contributed by atoms with Crippen LogP contribution in [0.5, 0.6) is 0 Å². The van der Waals surface area contributed by atoms with E-state index in [0.717, 1.165) is 31.0 Å². The Morgan fingerprint density at radius 1 is 1.00 bits per heavy atom. The Bertz CT molecular complexity index is 446. The average molecular weight is 378 g/mol. The van der Waals surface area contributed by atoms with Gasteiger partial charge in [0.05, 0.1) is 0 Å². The van der Waals surface area contributed by atoms with E-state index in [-0.39, 0.29) is 0 Å². The van der Waals surface area contributed by atoms with Crippen molar-refractivity contribution in [2.45, 2.75) is 83.7 Å². The zero-order valence-corrected chi connectivity index (χ0v) is 17.9. The van der Waals surface area contributed by atoms with E-state index in [0.29, 0.717) is 6.04 Å². The van der Waals surface area contributed by atoms with E-state index in [4.69, 9.17) is 4.99 Å². The Morgan fingerprint density at radius 2 is 1.85 bits per heavy atom. The van der Waals surface area contributed by atoms with Gasteiger partial charge in [0.1, 0.15) is 0 Å². The predicted octanol–water partition coefficient (Wildman–Crippen LogP) is 3.07. The van der Waals surface area contributed by atoms with Crippen molar-refractivity contribution in [3.8, 4) is 0 Å². The number of likely N-dealkylation sites (tertiary alicyclic amines) is 2. The first kappa shape index (κ1) is 20.9. The van der Waals surface area contributed by atoms with Crippen molar-refractivity contribution < 1.29 is 0 Å². The Kier molecular flexibility index (Phi) is 8.72. The third-order valence-electron chi connectivity index (χ3n) is 6.64. The number of nitrogens with zero attached hydrogens (tertiary/aromatic N) is 3. The van der Waals surface area contributed by atoms with Gasteiger partial charge in [-0.25, -0.2) is 0 Å². The third kappa shape index (κ3) is 6.94. The quantitative estimate of drug-likeness (QED) is 0.388. The molecule has 5 nitrogen and oxygen atoms in total. The van der Waals surface area contributed by atoms with E-state index in [9.17, 15) is 0 Å². The van der Waals surface area contributed by atoms with Gasteiger partial charge in [-0.1, -0.05) is 19.8 Å². The number of nitrogens with one attached hydrogen (secondary N) is 2. The van der Waals surface area contributed by atoms with Gasteiger partial charge in [-0.15, -0.1) is 0 Å². The molecule has 3 fully saturated rings. The highest BCUT2D eigenvalue weighted by atomic mass is 15.3. The van der Waals surface area contributed by atoms with Crippen molar-refractivity contribution in [1.82, 2.24) is 20.4 Å². The molecular weight excluding hydrogens is 334 g/mol. The summed E-state index contributed by atoms with van der Waals surface area (Å²) < 4.78 is 0. The van der Waals surface area contributed by atoms with Gasteiger partial charge >= 0.3 is 0 Å². The monoisotopic (exact) mass is 377 g/mol. The minimum absolute atomic E-state index is 0.568. The summed E-state index contributed by atoms with van der Waals surface area (Å²) in [5.41, 5.74) is 0. The number of hydrogen-bond donors (Lipinski definition) is 2. The van der Waals surface area contributed by atoms with Crippen LogP contribution in [-0.2, 0) is 0 Å². The molecule has 0 bridgehead atoms. The van der Waals surface area contributed by atoms with Gasteiger partial charge in [0.15, 0.2) is 5.96 Å². The Morgan fingerprint density at radius 3 is 2.63 bits per heavy atom. The van der Waals surface area contributed by atoms with Crippen LogP contribution in [0.2, 0.25) is 0 Å². The van der Waals surface area contributed by atoms with E-state index in [1.165, 1.54) is 90.5 Å². The number of rotatable bonds is 8. The first-order valence-electron chi connectivity index (χ1n) is 11.8. The van der Waals surface area contributed by atoms with Crippen molar-refractivity contribution in [2.75, 3.05) is 45.8 Å². The van der Waals surface area contributed by atoms with E-state index in [1.54, 1.807) is 0 Å². The molecule has 3 rings (SSSR count). The molecule has 2 heterocycles. The molecule has 2 aliphatic heterocycles. The first-order chi connectivity index (χ1) is 13.2. The minimum atomic E-state index is 0.568. The summed E-state index contributed by atoms with van der Waals surface area (Å²) in [7, 11) is 0. The topological polar surface area (TPSA) is 42.9 Å². The molecule has 0 aromatic carbocycles. The molecule has 2 N–H and O–H groups in total. The molecule has 0 amide bonds. The standard InChI is InChI=1S/C22H43N5/c1-3-23-22(24-13-6-7-14-26-15-8-9-19(2)17-26)25-20-12-16-27(18-20)21-10-4-5-11-21/h19-21H,3-18H2,1-2H3,(H2,23,24,25). The molecule has 27 heavy (non-hydrogen) atoms. The first-order valence-corrected chi connectivity index (χ1v) is 11.8. The highest BCUT2D eigenvalue weighted by Crippen LogP contribution is 2.26. The van der Waals surface area contributed by atoms with Gasteiger partial charge in [-0.3, -0.25) is 9.89 Å². The number of hydrogen-bond acceptors (Lipinski definition) is 3. The van der Waals surface area contributed by atoms with Gasteiger partial charge in [0, 0.05) is 44.8 Å². The second-order valence-corrected chi connectivity index (χ2v) is 9.08. The van der Waals surface area contributed by atoms with Crippen LogP contribution in [0.4, 0.5) is 0 Å². The van der Waals surface area contributed by atoms with Crippen molar-refractivity contribution in [3.05, 3.63) is 0 Å². The highest BCUT2D eigenvalue weighted by Gasteiger charge is 2.30. The summed E-state index contributed by atoms with van der Waals surface area (Å²) in [6.07, 6.45) is 12.2. The lowest BCUT2D eigenvalue weighted by Gasteiger charge is -2.30. The van der Waals surface area contributed by atoms with Crippen LogP contribution in [-0.4, -0.2) is 73.7 Å². The minimum Gasteiger partial charge on any atom is -0.357 e. The summed E-state index contributed by atoms with van der Waals surface area (Å²) in [5.74, 6) is 1.92. The van der Waals surface area contributed by atoms with Gasteiger partial charge < -0.3 is 15.5 Å². The highest BCUT2D eigenvalue weighted by molar-refractivity contribution is 5.80. The maximum absolute atomic E-state index is 4.85. The van der Waals surface area contributed by atoms with Crippen LogP contribution in [0.15, 0.2) is 4.99 Å². The third-order valence-corrected chi connectivity index (χ3v) is 6.64. The molecule has 0 aromatic heterocycles.